The van der Waals surface area contributed by atoms with E-state index in [1.807, 2.05) is 0 Å². The van der Waals surface area contributed by atoms with Gasteiger partial charge in [-0.2, -0.15) is 0 Å². The zero-order valence-corrected chi connectivity index (χ0v) is 13.7. The fourth-order valence-corrected chi connectivity index (χ4v) is 3.97. The molecule has 2 heteroatoms. The van der Waals surface area contributed by atoms with E-state index in [0.29, 0.717) is 13.2 Å². The van der Waals surface area contributed by atoms with Gasteiger partial charge in [0.05, 0.1) is 18.6 Å². The molecule has 0 unspecified atom stereocenters. The third-order valence-corrected chi connectivity index (χ3v) is 4.66. The van der Waals surface area contributed by atoms with Crippen molar-refractivity contribution >= 4 is 0 Å². The van der Waals surface area contributed by atoms with Crippen molar-refractivity contribution in [2.45, 2.75) is 25.2 Å². The predicted octanol–water partition coefficient (Wildman–Crippen LogP) is 4.20. The third kappa shape index (κ3) is 2.18. The van der Waals surface area contributed by atoms with Gasteiger partial charge in [-0.3, -0.25) is 0 Å². The first-order valence-electron chi connectivity index (χ1n) is 7.98. The van der Waals surface area contributed by atoms with Crippen LogP contribution in [0.5, 0.6) is 0 Å². The molecule has 0 amide bonds. The van der Waals surface area contributed by atoms with Gasteiger partial charge in [-0.15, -0.1) is 0 Å². The third-order valence-electron chi connectivity index (χ3n) is 4.66. The lowest BCUT2D eigenvalue weighted by Gasteiger charge is -2.32. The second kappa shape index (κ2) is 6.23. The van der Waals surface area contributed by atoms with Crippen molar-refractivity contribution in [1.29, 1.82) is 0 Å². The lowest BCUT2D eigenvalue weighted by atomic mass is 9.77. The molecule has 22 heavy (non-hydrogen) atoms. The van der Waals surface area contributed by atoms with Crippen LogP contribution in [0.4, 0.5) is 0 Å². The maximum Gasteiger partial charge on any atom is 0.0683 e. The van der Waals surface area contributed by atoms with Gasteiger partial charge in [0.15, 0.2) is 0 Å². The molecule has 2 aromatic carbocycles. The number of rotatable bonds is 6. The van der Waals surface area contributed by atoms with Gasteiger partial charge < -0.3 is 9.47 Å². The Balaban J connectivity index is 2.30. The molecule has 0 bridgehead atoms. The summed E-state index contributed by atoms with van der Waals surface area (Å²) in [6, 6.07) is 15.3. The molecule has 1 aliphatic rings. The van der Waals surface area contributed by atoms with Gasteiger partial charge in [0, 0.05) is 14.2 Å². The van der Waals surface area contributed by atoms with Crippen LogP contribution in [0.3, 0.4) is 0 Å². The highest BCUT2D eigenvalue weighted by Crippen LogP contribution is 2.50. The second-order valence-electron chi connectivity index (χ2n) is 6.08. The number of hydrogen-bond donors (Lipinski definition) is 0. The number of ether oxygens (including phenoxy) is 2. The first-order chi connectivity index (χ1) is 10.8. The highest BCUT2D eigenvalue weighted by atomic mass is 16.5. The second-order valence-corrected chi connectivity index (χ2v) is 6.08. The molecule has 0 N–H and O–H groups in total. The molecule has 0 radical (unpaired) electrons. The van der Waals surface area contributed by atoms with E-state index in [-0.39, 0.29) is 5.41 Å². The highest BCUT2D eigenvalue weighted by Gasteiger charge is 2.44. The number of aryl methyl sites for hydroxylation is 1. The SMILES string of the molecule is CCCc1cccc2c1C(COC)(COC)c1ccccc1-2. The Bertz CT molecular complexity index is 655. The van der Waals surface area contributed by atoms with Crippen molar-refractivity contribution in [3.05, 3.63) is 59.2 Å². The van der Waals surface area contributed by atoms with Gasteiger partial charge in [-0.05, 0) is 34.2 Å². The van der Waals surface area contributed by atoms with E-state index in [1.165, 1.54) is 27.8 Å². The minimum Gasteiger partial charge on any atom is -0.383 e. The van der Waals surface area contributed by atoms with Crippen LogP contribution in [-0.2, 0) is 21.3 Å². The minimum atomic E-state index is -0.193. The molecule has 2 aromatic rings. The molecule has 0 aromatic heterocycles. The number of benzene rings is 2. The van der Waals surface area contributed by atoms with Crippen molar-refractivity contribution in [3.8, 4) is 11.1 Å². The maximum atomic E-state index is 5.65. The van der Waals surface area contributed by atoms with E-state index >= 15 is 0 Å². The van der Waals surface area contributed by atoms with Crippen molar-refractivity contribution in [2.24, 2.45) is 0 Å². The van der Waals surface area contributed by atoms with Crippen LogP contribution in [0.2, 0.25) is 0 Å². The predicted molar refractivity (Wildman–Crippen MR) is 90.4 cm³/mol. The Morgan fingerprint density at radius 3 is 2.23 bits per heavy atom. The molecule has 0 spiro atoms. The summed E-state index contributed by atoms with van der Waals surface area (Å²) in [5.74, 6) is 0. The average Bonchev–Trinajstić information content (AvgIpc) is 2.81. The quantitative estimate of drug-likeness (QED) is 0.795. The number of methoxy groups -OCH3 is 2. The van der Waals surface area contributed by atoms with Crippen LogP contribution in [0, 0.1) is 0 Å². The largest absolute Gasteiger partial charge is 0.383 e. The monoisotopic (exact) mass is 296 g/mol. The molecule has 0 fully saturated rings. The van der Waals surface area contributed by atoms with Crippen LogP contribution >= 0.6 is 0 Å². The van der Waals surface area contributed by atoms with E-state index in [9.17, 15) is 0 Å². The van der Waals surface area contributed by atoms with Crippen LogP contribution in [0.1, 0.15) is 30.0 Å². The molecular weight excluding hydrogens is 272 g/mol. The Morgan fingerprint density at radius 1 is 0.864 bits per heavy atom. The van der Waals surface area contributed by atoms with Crippen LogP contribution in [-0.4, -0.2) is 27.4 Å². The van der Waals surface area contributed by atoms with E-state index in [1.54, 1.807) is 14.2 Å². The molecule has 3 rings (SSSR count). The summed E-state index contributed by atoms with van der Waals surface area (Å²) < 4.78 is 11.3. The molecular formula is C20H24O2. The van der Waals surface area contributed by atoms with Gasteiger partial charge in [0.25, 0.3) is 0 Å². The number of hydrogen-bond acceptors (Lipinski definition) is 2. The first kappa shape index (κ1) is 15.3. The van der Waals surface area contributed by atoms with Crippen molar-refractivity contribution < 1.29 is 9.47 Å². The molecule has 0 heterocycles. The molecule has 0 saturated carbocycles. The van der Waals surface area contributed by atoms with Crippen LogP contribution in [0.25, 0.3) is 11.1 Å². The fraction of sp³-hybridized carbons (Fsp3) is 0.400. The molecule has 0 saturated heterocycles. The molecule has 0 aliphatic heterocycles. The Kier molecular flexibility index (Phi) is 4.32. The topological polar surface area (TPSA) is 18.5 Å². The number of fused-ring (bicyclic) bond motifs is 3. The fourth-order valence-electron chi connectivity index (χ4n) is 3.97. The summed E-state index contributed by atoms with van der Waals surface area (Å²) >= 11 is 0. The lowest BCUT2D eigenvalue weighted by molar-refractivity contribution is 0.0810. The van der Waals surface area contributed by atoms with Gasteiger partial charge in [0.1, 0.15) is 0 Å². The Labute approximate surface area is 133 Å². The highest BCUT2D eigenvalue weighted by molar-refractivity contribution is 5.82. The van der Waals surface area contributed by atoms with Gasteiger partial charge >= 0.3 is 0 Å². The summed E-state index contributed by atoms with van der Waals surface area (Å²) in [4.78, 5) is 0. The van der Waals surface area contributed by atoms with Crippen molar-refractivity contribution in [2.75, 3.05) is 27.4 Å². The zero-order valence-electron chi connectivity index (χ0n) is 13.7. The molecule has 1 aliphatic carbocycles. The molecule has 2 nitrogen and oxygen atoms in total. The smallest absolute Gasteiger partial charge is 0.0683 e. The van der Waals surface area contributed by atoms with Crippen LogP contribution < -0.4 is 0 Å². The lowest BCUT2D eigenvalue weighted by Crippen LogP contribution is -2.36. The summed E-state index contributed by atoms with van der Waals surface area (Å²) in [5.41, 5.74) is 6.63. The summed E-state index contributed by atoms with van der Waals surface area (Å²) in [6.45, 7) is 3.52. The van der Waals surface area contributed by atoms with Gasteiger partial charge in [-0.1, -0.05) is 55.8 Å². The summed E-state index contributed by atoms with van der Waals surface area (Å²) in [5, 5.41) is 0. The zero-order chi connectivity index (χ0) is 15.6. The van der Waals surface area contributed by atoms with Gasteiger partial charge in [-0.25, -0.2) is 0 Å². The Morgan fingerprint density at radius 2 is 1.55 bits per heavy atom. The van der Waals surface area contributed by atoms with E-state index < -0.39 is 0 Å². The van der Waals surface area contributed by atoms with E-state index in [2.05, 4.69) is 49.4 Å². The molecule has 0 atom stereocenters. The summed E-state index contributed by atoms with van der Waals surface area (Å²) in [6.07, 6.45) is 2.23. The standard InChI is InChI=1S/C20H24O2/c1-4-8-15-9-7-11-17-16-10-5-6-12-18(16)20(13-21-2,14-22-3)19(15)17/h5-7,9-12H,4,8,13-14H2,1-3H3. The van der Waals surface area contributed by atoms with Gasteiger partial charge in [0.2, 0.25) is 0 Å². The van der Waals surface area contributed by atoms with Crippen molar-refractivity contribution in [1.82, 2.24) is 0 Å². The molecule has 116 valence electrons. The van der Waals surface area contributed by atoms with E-state index in [4.69, 9.17) is 9.47 Å². The van der Waals surface area contributed by atoms with Crippen LogP contribution in [0.15, 0.2) is 42.5 Å². The average molecular weight is 296 g/mol. The van der Waals surface area contributed by atoms with Crippen molar-refractivity contribution in [3.63, 3.8) is 0 Å². The first-order valence-corrected chi connectivity index (χ1v) is 7.98. The minimum absolute atomic E-state index is 0.193. The maximum absolute atomic E-state index is 5.65. The summed E-state index contributed by atoms with van der Waals surface area (Å²) in [7, 11) is 3.56. The van der Waals surface area contributed by atoms with E-state index in [0.717, 1.165) is 12.8 Å². The normalized spacial score (nSPS) is 14.7. The Hall–Kier alpha value is -1.64.